The molecular weight excluding hydrogens is 530 g/mol. The van der Waals surface area contributed by atoms with Gasteiger partial charge in [0, 0.05) is 68.5 Å². The van der Waals surface area contributed by atoms with E-state index in [-0.39, 0.29) is 23.4 Å². The topological polar surface area (TPSA) is 104 Å². The number of rotatable bonds is 8. The minimum atomic E-state index is -0.731. The van der Waals surface area contributed by atoms with E-state index in [0.29, 0.717) is 17.1 Å². The van der Waals surface area contributed by atoms with E-state index in [1.165, 1.54) is 65.5 Å². The summed E-state index contributed by atoms with van der Waals surface area (Å²) in [5.41, 5.74) is 1.09. The van der Waals surface area contributed by atoms with E-state index in [4.69, 9.17) is 10.1 Å². The van der Waals surface area contributed by atoms with Crippen LogP contribution in [0.3, 0.4) is 0 Å². The van der Waals surface area contributed by atoms with Crippen LogP contribution < -0.4 is 20.5 Å². The van der Waals surface area contributed by atoms with Gasteiger partial charge in [0.2, 0.25) is 0 Å². The Morgan fingerprint density at radius 2 is 1.78 bits per heavy atom. The molecule has 0 radical (unpaired) electrons. The number of anilines is 2. The number of hydrogen-bond acceptors (Lipinski definition) is 7. The van der Waals surface area contributed by atoms with Crippen molar-refractivity contribution in [1.29, 1.82) is 5.41 Å². The third kappa shape index (κ3) is 6.30. The van der Waals surface area contributed by atoms with Gasteiger partial charge < -0.3 is 25.3 Å². The van der Waals surface area contributed by atoms with Crippen LogP contribution in [0.5, 0.6) is 11.5 Å². The molecule has 4 aromatic rings. The first-order valence-electron chi connectivity index (χ1n) is 13.0. The largest absolute Gasteiger partial charge is 0.452 e. The summed E-state index contributed by atoms with van der Waals surface area (Å²) in [4.78, 5) is 34.7. The lowest BCUT2D eigenvalue weighted by molar-refractivity contribution is 0.102. The second kappa shape index (κ2) is 12.1. The van der Waals surface area contributed by atoms with E-state index in [9.17, 15) is 14.0 Å². The van der Waals surface area contributed by atoms with E-state index in [0.717, 1.165) is 37.9 Å². The van der Waals surface area contributed by atoms with Gasteiger partial charge >= 0.3 is 0 Å². The quantitative estimate of drug-likeness (QED) is 0.309. The normalized spacial score (nSPS) is 13.6. The molecule has 210 valence electrons. The van der Waals surface area contributed by atoms with Crippen LogP contribution in [0, 0.1) is 17.0 Å². The van der Waals surface area contributed by atoms with Gasteiger partial charge in [-0.3, -0.25) is 19.1 Å². The van der Waals surface area contributed by atoms with Crippen LogP contribution in [0.2, 0.25) is 0 Å². The van der Waals surface area contributed by atoms with Crippen molar-refractivity contribution in [3.63, 3.8) is 0 Å². The zero-order valence-electron chi connectivity index (χ0n) is 22.3. The summed E-state index contributed by atoms with van der Waals surface area (Å²) in [6.45, 7) is 3.45. The van der Waals surface area contributed by atoms with E-state index >= 15 is 4.39 Å². The monoisotopic (exact) mass is 558 g/mol. The maximum Gasteiger partial charge on any atom is 0.267 e. The Labute approximate surface area is 235 Å². The molecule has 0 saturated carbocycles. The van der Waals surface area contributed by atoms with Gasteiger partial charge in [0.15, 0.2) is 17.3 Å². The zero-order chi connectivity index (χ0) is 28.9. The number of pyridine rings is 2. The Kier molecular flexibility index (Phi) is 8.16. The molecule has 0 bridgehead atoms. The van der Waals surface area contributed by atoms with Crippen LogP contribution in [-0.2, 0) is 6.42 Å². The number of benzene rings is 2. The second-order valence-corrected chi connectivity index (χ2v) is 9.61. The first-order valence-corrected chi connectivity index (χ1v) is 13.0. The number of nitrogens with zero attached hydrogens (tertiary/aromatic N) is 4. The molecule has 5 rings (SSSR count). The number of amides is 1. The molecule has 3 heterocycles. The molecular formula is C30H28F2N6O3. The van der Waals surface area contributed by atoms with Crippen LogP contribution in [0.15, 0.2) is 77.9 Å². The number of hydrogen-bond donors (Lipinski definition) is 2. The van der Waals surface area contributed by atoms with Gasteiger partial charge in [0.05, 0.1) is 17.6 Å². The number of nitrogens with one attached hydrogen (secondary N) is 2. The van der Waals surface area contributed by atoms with Crippen LogP contribution >= 0.6 is 0 Å². The maximum absolute atomic E-state index is 15.1. The minimum absolute atomic E-state index is 0.0788. The number of likely N-dealkylation sites (N-methyl/N-ethyl adjacent to an activating group) is 1. The molecule has 9 nitrogen and oxygen atoms in total. The lowest BCUT2D eigenvalue weighted by atomic mass is 10.2. The Balaban J connectivity index is 1.34. The molecule has 2 aromatic heterocycles. The number of carbonyl (C=O) groups excluding carboxylic acids is 1. The molecule has 0 spiro atoms. The molecule has 1 aliphatic heterocycles. The molecule has 0 atom stereocenters. The number of carbonyl (C=O) groups is 1. The molecule has 0 aliphatic carbocycles. The van der Waals surface area contributed by atoms with Crippen molar-refractivity contribution in [2.45, 2.75) is 6.42 Å². The third-order valence-electron chi connectivity index (χ3n) is 6.79. The summed E-state index contributed by atoms with van der Waals surface area (Å²) in [6.07, 6.45) is 4.63. The highest BCUT2D eigenvalue weighted by atomic mass is 19.1. The highest BCUT2D eigenvalue weighted by Crippen LogP contribution is 2.32. The van der Waals surface area contributed by atoms with Crippen molar-refractivity contribution < 1.29 is 18.3 Å². The number of halogens is 2. The van der Waals surface area contributed by atoms with Gasteiger partial charge in [-0.2, -0.15) is 0 Å². The fourth-order valence-corrected chi connectivity index (χ4v) is 4.49. The van der Waals surface area contributed by atoms with Crippen LogP contribution in [0.1, 0.15) is 16.1 Å². The Morgan fingerprint density at radius 3 is 2.49 bits per heavy atom. The first-order chi connectivity index (χ1) is 19.8. The summed E-state index contributed by atoms with van der Waals surface area (Å²) >= 11 is 0. The van der Waals surface area contributed by atoms with Crippen molar-refractivity contribution in [3.05, 3.63) is 106 Å². The Morgan fingerprint density at radius 1 is 1.02 bits per heavy atom. The summed E-state index contributed by atoms with van der Waals surface area (Å²) in [7, 11) is 2.07. The minimum Gasteiger partial charge on any atom is -0.452 e. The standard InChI is InChI=1S/C30H28F2N6O3/c1-36-13-15-37(16-14-36)23-18-28(26(10-11-33)34-19-23)41-27-9-6-21(17-25(27)32)35-29(39)24-3-2-12-38(30(24)40)22-7-4-20(31)5-8-22/h2-9,11-12,17-19,33H,10,13-16H2,1H3,(H,35,39). The summed E-state index contributed by atoms with van der Waals surface area (Å²) in [5.74, 6) is -1.64. The van der Waals surface area contributed by atoms with Gasteiger partial charge in [-0.05, 0) is 55.6 Å². The van der Waals surface area contributed by atoms with Gasteiger partial charge in [-0.1, -0.05) is 0 Å². The van der Waals surface area contributed by atoms with E-state index in [1.807, 2.05) is 0 Å². The first kappa shape index (κ1) is 27.7. The van der Waals surface area contributed by atoms with Crippen LogP contribution in [-0.4, -0.2) is 59.8 Å². The Hall–Kier alpha value is -4.90. The van der Waals surface area contributed by atoms with Crippen molar-refractivity contribution in [3.8, 4) is 17.2 Å². The van der Waals surface area contributed by atoms with Crippen LogP contribution in [0.25, 0.3) is 5.69 Å². The predicted molar refractivity (Wildman–Crippen MR) is 153 cm³/mol. The van der Waals surface area contributed by atoms with E-state index in [1.54, 1.807) is 12.3 Å². The number of piperazine rings is 1. The van der Waals surface area contributed by atoms with E-state index in [2.05, 4.69) is 27.1 Å². The lowest BCUT2D eigenvalue weighted by Crippen LogP contribution is -2.44. The maximum atomic E-state index is 15.1. The van der Waals surface area contributed by atoms with Crippen molar-refractivity contribution in [2.75, 3.05) is 43.4 Å². The average Bonchev–Trinajstić information content (AvgIpc) is 2.96. The lowest BCUT2D eigenvalue weighted by Gasteiger charge is -2.34. The second-order valence-electron chi connectivity index (χ2n) is 9.61. The molecule has 41 heavy (non-hydrogen) atoms. The summed E-state index contributed by atoms with van der Waals surface area (Å²) < 4.78 is 35.6. The van der Waals surface area contributed by atoms with Gasteiger partial charge in [0.25, 0.3) is 11.5 Å². The SMILES string of the molecule is CN1CCN(c2cnc(CC=N)c(Oc3ccc(NC(=O)c4cccn(-c5ccc(F)cc5)c4=O)cc3F)c2)CC1. The van der Waals surface area contributed by atoms with Gasteiger partial charge in [-0.25, -0.2) is 8.78 Å². The highest BCUT2D eigenvalue weighted by Gasteiger charge is 2.19. The fraction of sp³-hybridized carbons (Fsp3) is 0.200. The molecule has 1 aliphatic rings. The van der Waals surface area contributed by atoms with Crippen molar-refractivity contribution >= 4 is 23.5 Å². The average molecular weight is 559 g/mol. The van der Waals surface area contributed by atoms with Crippen LogP contribution in [0.4, 0.5) is 20.2 Å². The molecule has 2 aromatic carbocycles. The summed E-state index contributed by atoms with van der Waals surface area (Å²) in [6, 6.07) is 13.9. The third-order valence-corrected chi connectivity index (χ3v) is 6.79. The predicted octanol–water partition coefficient (Wildman–Crippen LogP) is 4.50. The molecule has 1 amide bonds. The molecule has 0 unspecified atom stereocenters. The van der Waals surface area contributed by atoms with Crippen molar-refractivity contribution in [1.82, 2.24) is 14.5 Å². The molecule has 2 N–H and O–H groups in total. The molecule has 11 heteroatoms. The fourth-order valence-electron chi connectivity index (χ4n) is 4.49. The molecule has 1 saturated heterocycles. The summed E-state index contributed by atoms with van der Waals surface area (Å²) in [5, 5.41) is 10.0. The van der Waals surface area contributed by atoms with Crippen molar-refractivity contribution in [2.24, 2.45) is 0 Å². The van der Waals surface area contributed by atoms with Gasteiger partial charge in [-0.15, -0.1) is 0 Å². The zero-order valence-corrected chi connectivity index (χ0v) is 22.3. The van der Waals surface area contributed by atoms with E-state index < -0.39 is 23.1 Å². The number of aromatic nitrogens is 2. The highest BCUT2D eigenvalue weighted by molar-refractivity contribution is 6.04. The molecule has 1 fully saturated rings. The van der Waals surface area contributed by atoms with Gasteiger partial charge in [0.1, 0.15) is 11.4 Å². The number of ether oxygens (including phenoxy) is 1. The Bertz CT molecular complexity index is 1630. The smallest absolute Gasteiger partial charge is 0.267 e.